The van der Waals surface area contributed by atoms with E-state index >= 15 is 0 Å². The second-order valence-electron chi connectivity index (χ2n) is 8.09. The number of fused-ring (bicyclic) bond motifs is 1. The van der Waals surface area contributed by atoms with Gasteiger partial charge in [0.2, 0.25) is 0 Å². The first kappa shape index (κ1) is 18.2. The minimum absolute atomic E-state index is 0.0953. The van der Waals surface area contributed by atoms with E-state index in [9.17, 15) is 4.79 Å². The van der Waals surface area contributed by atoms with Gasteiger partial charge in [0.05, 0.1) is 24.5 Å². The largest absolute Gasteiger partial charge is 0.384 e. The maximum Gasteiger partial charge on any atom is 0.276 e. The van der Waals surface area contributed by atoms with Gasteiger partial charge < -0.3 is 15.4 Å². The topological polar surface area (TPSA) is 96.9 Å². The minimum Gasteiger partial charge on any atom is -0.384 e. The Bertz CT molecular complexity index is 807. The number of carbonyl (C=O) groups is 1. The Kier molecular flexibility index (Phi) is 5.01. The SMILES string of the molecule is COC[C@@]1(C)CCc2c(C(=O)Nc3cnn(C4CCNCC4)c3)n[nH]c2C1. The van der Waals surface area contributed by atoms with Crippen molar-refractivity contribution < 1.29 is 9.53 Å². The molecule has 1 fully saturated rings. The number of nitrogens with zero attached hydrogens (tertiary/aromatic N) is 3. The molecule has 0 aromatic carbocycles. The number of anilines is 1. The highest BCUT2D eigenvalue weighted by molar-refractivity contribution is 6.03. The fourth-order valence-corrected chi connectivity index (χ4v) is 4.28. The third-order valence-electron chi connectivity index (χ3n) is 5.78. The lowest BCUT2D eigenvalue weighted by Gasteiger charge is -2.32. The molecule has 2 aliphatic rings. The van der Waals surface area contributed by atoms with E-state index in [1.54, 1.807) is 13.3 Å². The number of methoxy groups -OCH3 is 1. The zero-order chi connectivity index (χ0) is 18.9. The van der Waals surface area contributed by atoms with Crippen molar-refractivity contribution in [3.8, 4) is 0 Å². The maximum absolute atomic E-state index is 12.8. The fourth-order valence-electron chi connectivity index (χ4n) is 4.28. The van der Waals surface area contributed by atoms with Gasteiger partial charge in [-0.1, -0.05) is 6.92 Å². The van der Waals surface area contributed by atoms with E-state index in [1.807, 2.05) is 10.9 Å². The first-order chi connectivity index (χ1) is 13.1. The van der Waals surface area contributed by atoms with E-state index < -0.39 is 0 Å². The van der Waals surface area contributed by atoms with Crippen molar-refractivity contribution in [1.82, 2.24) is 25.3 Å². The molecule has 8 heteroatoms. The number of aromatic amines is 1. The molecule has 1 aliphatic carbocycles. The summed E-state index contributed by atoms with van der Waals surface area (Å²) in [5.41, 5.74) is 3.40. The highest BCUT2D eigenvalue weighted by Crippen LogP contribution is 2.36. The van der Waals surface area contributed by atoms with E-state index in [4.69, 9.17) is 4.74 Å². The second kappa shape index (κ2) is 7.44. The molecule has 3 heterocycles. The number of hydrogen-bond acceptors (Lipinski definition) is 5. The number of aromatic nitrogens is 4. The molecule has 0 spiro atoms. The molecule has 0 radical (unpaired) electrons. The number of carbonyl (C=O) groups excluding carboxylic acids is 1. The zero-order valence-corrected chi connectivity index (χ0v) is 16.0. The van der Waals surface area contributed by atoms with E-state index in [0.717, 1.165) is 62.1 Å². The van der Waals surface area contributed by atoms with E-state index in [0.29, 0.717) is 18.3 Å². The van der Waals surface area contributed by atoms with Gasteiger partial charge in [-0.05, 0) is 50.6 Å². The fraction of sp³-hybridized carbons (Fsp3) is 0.632. The number of nitrogens with one attached hydrogen (secondary N) is 3. The van der Waals surface area contributed by atoms with Crippen LogP contribution in [-0.2, 0) is 17.6 Å². The average Bonchev–Trinajstić information content (AvgIpc) is 3.29. The summed E-state index contributed by atoms with van der Waals surface area (Å²) >= 11 is 0. The molecular weight excluding hydrogens is 344 g/mol. The second-order valence-corrected chi connectivity index (χ2v) is 8.09. The molecule has 1 saturated heterocycles. The lowest BCUT2D eigenvalue weighted by molar-refractivity contribution is 0.0804. The minimum atomic E-state index is -0.173. The molecule has 146 valence electrons. The number of rotatable bonds is 5. The van der Waals surface area contributed by atoms with Crippen LogP contribution in [0.3, 0.4) is 0 Å². The summed E-state index contributed by atoms with van der Waals surface area (Å²) in [5, 5.41) is 18.1. The molecule has 4 rings (SSSR count). The summed E-state index contributed by atoms with van der Waals surface area (Å²) in [6, 6.07) is 0.397. The molecule has 2 aromatic rings. The van der Waals surface area contributed by atoms with Crippen LogP contribution in [0.5, 0.6) is 0 Å². The molecule has 1 aliphatic heterocycles. The molecule has 8 nitrogen and oxygen atoms in total. The van der Waals surface area contributed by atoms with Gasteiger partial charge in [0.1, 0.15) is 0 Å². The summed E-state index contributed by atoms with van der Waals surface area (Å²) in [7, 11) is 1.73. The molecule has 0 unspecified atom stereocenters. The van der Waals surface area contributed by atoms with Crippen LogP contribution in [0.15, 0.2) is 12.4 Å². The third kappa shape index (κ3) is 3.77. The Morgan fingerprint density at radius 2 is 2.26 bits per heavy atom. The van der Waals surface area contributed by atoms with Gasteiger partial charge in [-0.3, -0.25) is 14.6 Å². The van der Waals surface area contributed by atoms with Crippen molar-refractivity contribution in [2.45, 2.75) is 45.1 Å². The van der Waals surface area contributed by atoms with Gasteiger partial charge in [-0.2, -0.15) is 10.2 Å². The molecule has 2 aromatic heterocycles. The number of piperidine rings is 1. The maximum atomic E-state index is 12.8. The summed E-state index contributed by atoms with van der Waals surface area (Å²) in [6.07, 6.45) is 8.43. The monoisotopic (exact) mass is 372 g/mol. The van der Waals surface area contributed by atoms with Crippen LogP contribution >= 0.6 is 0 Å². The number of hydrogen-bond donors (Lipinski definition) is 3. The van der Waals surface area contributed by atoms with Crippen molar-refractivity contribution in [3.63, 3.8) is 0 Å². The first-order valence-corrected chi connectivity index (χ1v) is 9.69. The quantitative estimate of drug-likeness (QED) is 0.745. The van der Waals surface area contributed by atoms with Gasteiger partial charge in [0.15, 0.2) is 5.69 Å². The van der Waals surface area contributed by atoms with Gasteiger partial charge in [0, 0.05) is 24.6 Å². The van der Waals surface area contributed by atoms with Crippen molar-refractivity contribution in [2.75, 3.05) is 32.1 Å². The van der Waals surface area contributed by atoms with Crippen molar-refractivity contribution >= 4 is 11.6 Å². The summed E-state index contributed by atoms with van der Waals surface area (Å²) in [6.45, 7) is 4.94. The molecular formula is C19H28N6O2. The predicted octanol–water partition coefficient (Wildman–Crippen LogP) is 1.92. The molecule has 0 saturated carbocycles. The normalized spacial score (nSPS) is 23.2. The van der Waals surface area contributed by atoms with E-state index in [2.05, 4.69) is 32.9 Å². The number of ether oxygens (including phenoxy) is 1. The van der Waals surface area contributed by atoms with Crippen molar-refractivity contribution in [3.05, 3.63) is 29.3 Å². The van der Waals surface area contributed by atoms with Gasteiger partial charge in [0.25, 0.3) is 5.91 Å². The van der Waals surface area contributed by atoms with Crippen molar-refractivity contribution in [2.24, 2.45) is 5.41 Å². The Labute approximate surface area is 159 Å². The number of amides is 1. The summed E-state index contributed by atoms with van der Waals surface area (Å²) in [4.78, 5) is 12.8. The van der Waals surface area contributed by atoms with Crippen LogP contribution in [0.25, 0.3) is 0 Å². The third-order valence-corrected chi connectivity index (χ3v) is 5.78. The van der Waals surface area contributed by atoms with Crippen LogP contribution in [-0.4, -0.2) is 52.7 Å². The number of H-pyrrole nitrogens is 1. The van der Waals surface area contributed by atoms with Crippen LogP contribution in [0.1, 0.15) is 54.0 Å². The summed E-state index contributed by atoms with van der Waals surface area (Å²) < 4.78 is 7.32. The van der Waals surface area contributed by atoms with Crippen LogP contribution < -0.4 is 10.6 Å². The molecule has 3 N–H and O–H groups in total. The molecule has 27 heavy (non-hydrogen) atoms. The highest BCUT2D eigenvalue weighted by Gasteiger charge is 2.34. The van der Waals surface area contributed by atoms with Crippen LogP contribution in [0, 0.1) is 5.41 Å². The van der Waals surface area contributed by atoms with Crippen LogP contribution in [0.4, 0.5) is 5.69 Å². The van der Waals surface area contributed by atoms with Crippen LogP contribution in [0.2, 0.25) is 0 Å². The van der Waals surface area contributed by atoms with Gasteiger partial charge >= 0.3 is 0 Å². The Morgan fingerprint density at radius 1 is 1.44 bits per heavy atom. The van der Waals surface area contributed by atoms with Gasteiger partial charge in [-0.15, -0.1) is 0 Å². The molecule has 1 atom stereocenters. The van der Waals surface area contributed by atoms with E-state index in [-0.39, 0.29) is 11.3 Å². The Balaban J connectivity index is 1.44. The Hall–Kier alpha value is -2.19. The zero-order valence-electron chi connectivity index (χ0n) is 16.0. The lowest BCUT2D eigenvalue weighted by Crippen LogP contribution is -2.30. The standard InChI is InChI=1S/C19H28N6O2/c1-19(12-27-2)6-3-15-16(9-19)23-24-17(15)18(26)22-13-10-21-25(11-13)14-4-7-20-8-5-14/h10-11,14,20H,3-9,12H2,1-2H3,(H,22,26)(H,23,24)/t19-/m0/s1. The summed E-state index contributed by atoms with van der Waals surface area (Å²) in [5.74, 6) is -0.173. The lowest BCUT2D eigenvalue weighted by atomic mass is 9.75. The molecule has 0 bridgehead atoms. The Morgan fingerprint density at radius 3 is 3.04 bits per heavy atom. The predicted molar refractivity (Wildman–Crippen MR) is 102 cm³/mol. The van der Waals surface area contributed by atoms with E-state index in [1.165, 1.54) is 0 Å². The van der Waals surface area contributed by atoms with Gasteiger partial charge in [-0.25, -0.2) is 0 Å². The smallest absolute Gasteiger partial charge is 0.276 e. The molecule has 1 amide bonds. The van der Waals surface area contributed by atoms with Crippen molar-refractivity contribution in [1.29, 1.82) is 0 Å². The highest BCUT2D eigenvalue weighted by atomic mass is 16.5. The average molecular weight is 372 g/mol. The first-order valence-electron chi connectivity index (χ1n) is 9.69.